The quantitative estimate of drug-likeness (QED) is 0.379. The number of carbonyl (C=O) groups is 2. The molecule has 166 valence electrons. The highest BCUT2D eigenvalue weighted by atomic mass is 16.4. The summed E-state index contributed by atoms with van der Waals surface area (Å²) in [7, 11) is 0. The van der Waals surface area contributed by atoms with Gasteiger partial charge in [-0.3, -0.25) is 9.59 Å². The van der Waals surface area contributed by atoms with Crippen LogP contribution < -0.4 is 0 Å². The highest BCUT2D eigenvalue weighted by Gasteiger charge is 2.49. The molecule has 0 aromatic heterocycles. The molecule has 0 amide bonds. The van der Waals surface area contributed by atoms with Crippen molar-refractivity contribution in [2.24, 2.45) is 10.8 Å². The van der Waals surface area contributed by atoms with Crippen molar-refractivity contribution in [1.82, 2.24) is 0 Å². The van der Waals surface area contributed by atoms with Crippen LogP contribution in [0.25, 0.3) is 0 Å². The van der Waals surface area contributed by atoms with Gasteiger partial charge in [-0.15, -0.1) is 0 Å². The van der Waals surface area contributed by atoms with E-state index in [0.29, 0.717) is 0 Å². The van der Waals surface area contributed by atoms with Crippen LogP contribution in [0.1, 0.15) is 98.4 Å². The van der Waals surface area contributed by atoms with E-state index in [2.05, 4.69) is 26.8 Å². The molecule has 2 N–H and O–H groups in total. The van der Waals surface area contributed by atoms with E-state index in [-0.39, 0.29) is 5.41 Å². The molecule has 2 aliphatic rings. The molecular formula is C26H38O4. The second-order valence-electron chi connectivity index (χ2n) is 10.0. The molecule has 2 aliphatic carbocycles. The number of carboxylic acids is 2. The summed E-state index contributed by atoms with van der Waals surface area (Å²) in [6.07, 6.45) is 12.4. The number of hydrogen-bond donors (Lipinski definition) is 2. The molecule has 0 aliphatic heterocycles. The minimum atomic E-state index is -0.608. The van der Waals surface area contributed by atoms with Crippen molar-refractivity contribution in [2.45, 2.75) is 104 Å². The average molecular weight is 415 g/mol. The van der Waals surface area contributed by atoms with Gasteiger partial charge in [0.1, 0.15) is 0 Å². The van der Waals surface area contributed by atoms with Gasteiger partial charge in [0.15, 0.2) is 0 Å². The van der Waals surface area contributed by atoms with Crippen molar-refractivity contribution in [1.29, 1.82) is 0 Å². The first kappa shape index (κ1) is 22.8. The van der Waals surface area contributed by atoms with Crippen LogP contribution in [0.15, 0.2) is 6.07 Å². The maximum absolute atomic E-state index is 11.3. The molecular weight excluding hydrogens is 376 g/mol. The minimum Gasteiger partial charge on any atom is -0.481 e. The Balaban J connectivity index is 1.49. The smallest absolute Gasteiger partial charge is 0.309 e. The summed E-state index contributed by atoms with van der Waals surface area (Å²) in [4.78, 5) is 22.6. The lowest BCUT2D eigenvalue weighted by Gasteiger charge is -2.18. The molecule has 3 rings (SSSR count). The van der Waals surface area contributed by atoms with Crippen LogP contribution in [0.3, 0.4) is 0 Å². The summed E-state index contributed by atoms with van der Waals surface area (Å²) in [6, 6.07) is 2.32. The highest BCUT2D eigenvalue weighted by Crippen LogP contribution is 2.50. The SMILES string of the molecule is Cc1cc(CCCCC2(C(=O)O)CC2)c(C)c(CCCCCC2(C(=O)O)CC2)c1C. The summed E-state index contributed by atoms with van der Waals surface area (Å²) in [5.74, 6) is -1.21. The van der Waals surface area contributed by atoms with Crippen molar-refractivity contribution in [3.8, 4) is 0 Å². The molecule has 0 saturated heterocycles. The summed E-state index contributed by atoms with van der Waals surface area (Å²) >= 11 is 0. The second kappa shape index (κ2) is 9.11. The number of unbranched alkanes of at least 4 members (excludes halogenated alkanes) is 3. The fraction of sp³-hybridized carbons (Fsp3) is 0.692. The Morgan fingerprint density at radius 3 is 1.77 bits per heavy atom. The van der Waals surface area contributed by atoms with E-state index in [1.807, 2.05) is 0 Å². The van der Waals surface area contributed by atoms with Crippen molar-refractivity contribution in [3.05, 3.63) is 33.9 Å². The fourth-order valence-corrected chi connectivity index (χ4v) is 4.99. The zero-order chi connectivity index (χ0) is 21.9. The number of hydrogen-bond acceptors (Lipinski definition) is 2. The van der Waals surface area contributed by atoms with Gasteiger partial charge in [0, 0.05) is 0 Å². The molecule has 2 fully saturated rings. The molecule has 4 nitrogen and oxygen atoms in total. The van der Waals surface area contributed by atoms with E-state index >= 15 is 0 Å². The van der Waals surface area contributed by atoms with E-state index in [0.717, 1.165) is 83.5 Å². The number of rotatable bonds is 13. The molecule has 0 spiro atoms. The zero-order valence-electron chi connectivity index (χ0n) is 19.0. The van der Waals surface area contributed by atoms with Crippen LogP contribution in [-0.4, -0.2) is 22.2 Å². The topological polar surface area (TPSA) is 74.6 Å². The summed E-state index contributed by atoms with van der Waals surface area (Å²) in [5.41, 5.74) is 6.23. The molecule has 0 atom stereocenters. The van der Waals surface area contributed by atoms with Gasteiger partial charge in [-0.1, -0.05) is 25.3 Å². The van der Waals surface area contributed by atoms with Gasteiger partial charge in [0.2, 0.25) is 0 Å². The van der Waals surface area contributed by atoms with Crippen LogP contribution >= 0.6 is 0 Å². The van der Waals surface area contributed by atoms with Gasteiger partial charge >= 0.3 is 11.9 Å². The minimum absolute atomic E-state index is 0.387. The third kappa shape index (κ3) is 5.07. The van der Waals surface area contributed by atoms with Gasteiger partial charge < -0.3 is 10.2 Å². The lowest BCUT2D eigenvalue weighted by atomic mass is 9.88. The molecule has 0 radical (unpaired) electrons. The first-order valence-electron chi connectivity index (χ1n) is 11.8. The van der Waals surface area contributed by atoms with Crippen molar-refractivity contribution in [2.75, 3.05) is 0 Å². The third-order valence-corrected chi connectivity index (χ3v) is 7.92. The van der Waals surface area contributed by atoms with Crippen LogP contribution in [0.4, 0.5) is 0 Å². The third-order valence-electron chi connectivity index (χ3n) is 7.92. The number of benzene rings is 1. The number of carboxylic acid groups (broad SMARTS) is 2. The maximum atomic E-state index is 11.3. The first-order valence-corrected chi connectivity index (χ1v) is 11.8. The second-order valence-corrected chi connectivity index (χ2v) is 10.0. The summed E-state index contributed by atoms with van der Waals surface area (Å²) < 4.78 is 0. The Kier molecular flexibility index (Phi) is 6.94. The predicted molar refractivity (Wildman–Crippen MR) is 119 cm³/mol. The largest absolute Gasteiger partial charge is 0.481 e. The molecule has 30 heavy (non-hydrogen) atoms. The molecule has 2 saturated carbocycles. The van der Waals surface area contributed by atoms with E-state index in [1.165, 1.54) is 27.8 Å². The van der Waals surface area contributed by atoms with Crippen LogP contribution in [-0.2, 0) is 22.4 Å². The highest BCUT2D eigenvalue weighted by molar-refractivity contribution is 5.78. The summed E-state index contributed by atoms with van der Waals surface area (Å²) in [6.45, 7) is 6.64. The fourth-order valence-electron chi connectivity index (χ4n) is 4.99. The Morgan fingerprint density at radius 1 is 0.767 bits per heavy atom. The van der Waals surface area contributed by atoms with Crippen LogP contribution in [0.5, 0.6) is 0 Å². The molecule has 4 heteroatoms. The maximum Gasteiger partial charge on any atom is 0.309 e. The Hall–Kier alpha value is -1.84. The predicted octanol–water partition coefficient (Wildman–Crippen LogP) is 6.16. The monoisotopic (exact) mass is 414 g/mol. The standard InChI is InChI=1S/C26H38O4/c1-18-17-21(9-6-8-12-26(15-16-26)24(29)30)20(3)22(19(18)2)10-5-4-7-11-25(13-14-25)23(27)28/h17H,4-16H2,1-3H3,(H,27,28)(H,29,30). The molecule has 1 aromatic carbocycles. The summed E-state index contributed by atoms with van der Waals surface area (Å²) in [5, 5.41) is 18.6. The van der Waals surface area contributed by atoms with E-state index in [4.69, 9.17) is 0 Å². The van der Waals surface area contributed by atoms with E-state index in [9.17, 15) is 19.8 Å². The van der Waals surface area contributed by atoms with E-state index < -0.39 is 17.4 Å². The Bertz CT molecular complexity index is 800. The van der Waals surface area contributed by atoms with Crippen molar-refractivity contribution >= 4 is 11.9 Å². The van der Waals surface area contributed by atoms with Crippen molar-refractivity contribution in [3.63, 3.8) is 0 Å². The normalized spacial score (nSPS) is 18.2. The number of aryl methyl sites for hydroxylation is 2. The Morgan fingerprint density at radius 2 is 1.27 bits per heavy atom. The molecule has 0 unspecified atom stereocenters. The van der Waals surface area contributed by atoms with Crippen molar-refractivity contribution < 1.29 is 19.8 Å². The van der Waals surface area contributed by atoms with Gasteiger partial charge in [0.05, 0.1) is 10.8 Å². The van der Waals surface area contributed by atoms with Crippen LogP contribution in [0.2, 0.25) is 0 Å². The van der Waals surface area contributed by atoms with Gasteiger partial charge in [0.25, 0.3) is 0 Å². The van der Waals surface area contributed by atoms with E-state index in [1.54, 1.807) is 0 Å². The first-order chi connectivity index (χ1) is 14.2. The molecule has 0 heterocycles. The molecule has 0 bridgehead atoms. The Labute approximate surface area is 181 Å². The lowest BCUT2D eigenvalue weighted by Crippen LogP contribution is -2.14. The van der Waals surface area contributed by atoms with Gasteiger partial charge in [-0.2, -0.15) is 0 Å². The molecule has 1 aromatic rings. The zero-order valence-corrected chi connectivity index (χ0v) is 19.0. The van der Waals surface area contributed by atoms with Gasteiger partial charge in [-0.25, -0.2) is 0 Å². The number of aliphatic carboxylic acids is 2. The lowest BCUT2D eigenvalue weighted by molar-refractivity contribution is -0.144. The van der Waals surface area contributed by atoms with Gasteiger partial charge in [-0.05, 0) is 113 Å². The van der Waals surface area contributed by atoms with Crippen LogP contribution in [0, 0.1) is 31.6 Å². The average Bonchev–Trinajstić information content (AvgIpc) is 3.60.